The number of Topliss-reactive ketones (excluding diaryl/α,β-unsaturated/α-hetero) is 1. The van der Waals surface area contributed by atoms with E-state index in [1.54, 1.807) is 24.3 Å². The van der Waals surface area contributed by atoms with E-state index in [0.717, 1.165) is 10.8 Å². The third-order valence-corrected chi connectivity index (χ3v) is 3.75. The molecule has 0 aliphatic carbocycles. The van der Waals surface area contributed by atoms with Gasteiger partial charge in [0.25, 0.3) is 0 Å². The number of rotatable bonds is 3. The summed E-state index contributed by atoms with van der Waals surface area (Å²) in [5.74, 6) is -0.549. The fourth-order valence-corrected chi connectivity index (χ4v) is 2.51. The molecule has 0 unspecified atom stereocenters. The van der Waals surface area contributed by atoms with Gasteiger partial charge in [-0.05, 0) is 42.0 Å². The molecule has 0 aliphatic rings. The largest absolute Gasteiger partial charge is 0.422 e. The Morgan fingerprint density at radius 1 is 0.913 bits per heavy atom. The maximum Gasteiger partial charge on any atom is 0.343 e. The molecule has 0 amide bonds. The summed E-state index contributed by atoms with van der Waals surface area (Å²) < 4.78 is 5.38. The monoisotopic (exact) mass is 324 g/mol. The molecule has 3 rings (SSSR count). The van der Waals surface area contributed by atoms with Crippen LogP contribution in [-0.4, -0.2) is 11.8 Å². The molecular weight excluding hydrogens is 312 g/mol. The van der Waals surface area contributed by atoms with Gasteiger partial charge in [-0.3, -0.25) is 4.79 Å². The normalized spacial score (nSPS) is 10.5. The molecule has 114 valence electrons. The lowest BCUT2D eigenvalue weighted by Gasteiger charge is -2.09. The maximum absolute atomic E-state index is 12.4. The number of halogens is 1. The predicted molar refractivity (Wildman–Crippen MR) is 90.4 cm³/mol. The lowest BCUT2D eigenvalue weighted by molar-refractivity contribution is 0.0733. The molecule has 0 fully saturated rings. The first kappa shape index (κ1) is 15.3. The van der Waals surface area contributed by atoms with Crippen LogP contribution in [0.5, 0.6) is 5.75 Å². The van der Waals surface area contributed by atoms with Crippen molar-refractivity contribution in [2.45, 2.75) is 6.92 Å². The number of carbonyl (C=O) groups excluding carboxylic acids is 2. The minimum atomic E-state index is -0.527. The summed E-state index contributed by atoms with van der Waals surface area (Å²) in [7, 11) is 0. The molecule has 0 heterocycles. The van der Waals surface area contributed by atoms with Crippen LogP contribution in [0.3, 0.4) is 0 Å². The van der Waals surface area contributed by atoms with Crippen molar-refractivity contribution in [2.75, 3.05) is 0 Å². The van der Waals surface area contributed by atoms with Crippen LogP contribution >= 0.6 is 11.6 Å². The highest BCUT2D eigenvalue weighted by Gasteiger charge is 2.15. The van der Waals surface area contributed by atoms with Crippen molar-refractivity contribution in [3.8, 4) is 5.75 Å². The number of ether oxygens (including phenoxy) is 1. The smallest absolute Gasteiger partial charge is 0.343 e. The van der Waals surface area contributed by atoms with Crippen LogP contribution < -0.4 is 4.74 Å². The van der Waals surface area contributed by atoms with Gasteiger partial charge in [0.2, 0.25) is 0 Å². The average molecular weight is 325 g/mol. The SMILES string of the molecule is CC(=O)c1ccc(Cl)cc1OC(=O)c1ccc2ccccc2c1. The van der Waals surface area contributed by atoms with E-state index in [1.807, 2.05) is 30.3 Å². The number of benzene rings is 3. The molecule has 3 nitrogen and oxygen atoms in total. The maximum atomic E-state index is 12.4. The molecule has 0 aromatic heterocycles. The topological polar surface area (TPSA) is 43.4 Å². The van der Waals surface area contributed by atoms with E-state index in [0.29, 0.717) is 16.1 Å². The zero-order valence-corrected chi connectivity index (χ0v) is 13.1. The molecule has 0 aliphatic heterocycles. The van der Waals surface area contributed by atoms with Crippen LogP contribution in [0.25, 0.3) is 10.8 Å². The summed E-state index contributed by atoms with van der Waals surface area (Å²) in [5.41, 5.74) is 0.738. The molecule has 0 atom stereocenters. The molecule has 0 spiro atoms. The fraction of sp³-hybridized carbons (Fsp3) is 0.0526. The Balaban J connectivity index is 1.94. The van der Waals surface area contributed by atoms with E-state index in [2.05, 4.69) is 0 Å². The van der Waals surface area contributed by atoms with Crippen LogP contribution in [0.4, 0.5) is 0 Å². The number of hydrogen-bond donors (Lipinski definition) is 0. The standard InChI is InChI=1S/C19H13ClO3/c1-12(21)17-9-8-16(20)11-18(17)23-19(22)15-7-6-13-4-2-3-5-14(13)10-15/h2-11H,1H3. The second kappa shape index (κ2) is 6.23. The third kappa shape index (κ3) is 3.25. The second-order valence-electron chi connectivity index (χ2n) is 5.15. The Morgan fingerprint density at radius 3 is 2.39 bits per heavy atom. The van der Waals surface area contributed by atoms with Gasteiger partial charge in [-0.1, -0.05) is 41.9 Å². The molecule has 4 heteroatoms. The van der Waals surface area contributed by atoms with Gasteiger partial charge in [0, 0.05) is 11.1 Å². The van der Waals surface area contributed by atoms with Gasteiger partial charge in [0.05, 0.1) is 11.1 Å². The van der Waals surface area contributed by atoms with E-state index in [9.17, 15) is 9.59 Å². The molecule has 0 N–H and O–H groups in total. The first-order valence-corrected chi connectivity index (χ1v) is 7.44. The van der Waals surface area contributed by atoms with E-state index in [-0.39, 0.29) is 11.5 Å². The predicted octanol–water partition coefficient (Wildman–Crippen LogP) is 4.92. The molecular formula is C19H13ClO3. The van der Waals surface area contributed by atoms with Crippen molar-refractivity contribution in [3.05, 3.63) is 76.8 Å². The Morgan fingerprint density at radius 2 is 1.65 bits per heavy atom. The van der Waals surface area contributed by atoms with Gasteiger partial charge < -0.3 is 4.74 Å². The van der Waals surface area contributed by atoms with Crippen molar-refractivity contribution < 1.29 is 14.3 Å². The summed E-state index contributed by atoms with van der Waals surface area (Å²) in [4.78, 5) is 24.0. The lowest BCUT2D eigenvalue weighted by atomic mass is 10.1. The van der Waals surface area contributed by atoms with E-state index in [1.165, 1.54) is 13.0 Å². The van der Waals surface area contributed by atoms with Crippen molar-refractivity contribution >= 4 is 34.1 Å². The molecule has 3 aromatic rings. The lowest BCUT2D eigenvalue weighted by Crippen LogP contribution is -2.11. The van der Waals surface area contributed by atoms with Crippen molar-refractivity contribution in [1.82, 2.24) is 0 Å². The summed E-state index contributed by atoms with van der Waals surface area (Å²) in [6, 6.07) is 17.7. The molecule has 0 saturated carbocycles. The Hall–Kier alpha value is -2.65. The first-order valence-electron chi connectivity index (χ1n) is 7.06. The number of hydrogen-bond acceptors (Lipinski definition) is 3. The fourth-order valence-electron chi connectivity index (χ4n) is 2.35. The zero-order valence-electron chi connectivity index (χ0n) is 12.4. The van der Waals surface area contributed by atoms with Crippen LogP contribution in [0.1, 0.15) is 27.6 Å². The Labute approximate surface area is 138 Å². The minimum absolute atomic E-state index is 0.170. The summed E-state index contributed by atoms with van der Waals surface area (Å²) in [6.45, 7) is 1.41. The van der Waals surface area contributed by atoms with Crippen molar-refractivity contribution in [1.29, 1.82) is 0 Å². The summed E-state index contributed by atoms with van der Waals surface area (Å²) in [6.07, 6.45) is 0. The summed E-state index contributed by atoms with van der Waals surface area (Å²) in [5, 5.41) is 2.38. The molecule has 0 bridgehead atoms. The highest BCUT2D eigenvalue weighted by atomic mass is 35.5. The first-order chi connectivity index (χ1) is 11.0. The van der Waals surface area contributed by atoms with Gasteiger partial charge in [-0.2, -0.15) is 0 Å². The molecule has 3 aromatic carbocycles. The van der Waals surface area contributed by atoms with Gasteiger partial charge in [-0.25, -0.2) is 4.79 Å². The van der Waals surface area contributed by atoms with E-state index in [4.69, 9.17) is 16.3 Å². The number of carbonyl (C=O) groups is 2. The molecule has 0 radical (unpaired) electrons. The second-order valence-corrected chi connectivity index (χ2v) is 5.58. The van der Waals surface area contributed by atoms with Crippen LogP contribution in [0.2, 0.25) is 5.02 Å². The quantitative estimate of drug-likeness (QED) is 0.390. The van der Waals surface area contributed by atoms with Gasteiger partial charge in [-0.15, -0.1) is 0 Å². The van der Waals surface area contributed by atoms with Gasteiger partial charge in [0.1, 0.15) is 5.75 Å². The number of fused-ring (bicyclic) bond motifs is 1. The van der Waals surface area contributed by atoms with Crippen LogP contribution in [-0.2, 0) is 0 Å². The Bertz CT molecular complexity index is 915. The van der Waals surface area contributed by atoms with Crippen molar-refractivity contribution in [2.24, 2.45) is 0 Å². The zero-order chi connectivity index (χ0) is 16.4. The van der Waals surface area contributed by atoms with Crippen molar-refractivity contribution in [3.63, 3.8) is 0 Å². The van der Waals surface area contributed by atoms with Gasteiger partial charge in [0.15, 0.2) is 5.78 Å². The summed E-state index contributed by atoms with van der Waals surface area (Å²) >= 11 is 5.93. The highest BCUT2D eigenvalue weighted by Crippen LogP contribution is 2.25. The highest BCUT2D eigenvalue weighted by molar-refractivity contribution is 6.30. The van der Waals surface area contributed by atoms with Crippen LogP contribution in [0, 0.1) is 0 Å². The number of ketones is 1. The molecule has 0 saturated heterocycles. The van der Waals surface area contributed by atoms with Crippen LogP contribution in [0.15, 0.2) is 60.7 Å². The number of esters is 1. The molecule has 23 heavy (non-hydrogen) atoms. The van der Waals surface area contributed by atoms with E-state index >= 15 is 0 Å². The third-order valence-electron chi connectivity index (χ3n) is 3.51. The van der Waals surface area contributed by atoms with Gasteiger partial charge >= 0.3 is 5.97 Å². The minimum Gasteiger partial charge on any atom is -0.422 e. The Kier molecular flexibility index (Phi) is 4.13. The average Bonchev–Trinajstić information content (AvgIpc) is 2.54. The van der Waals surface area contributed by atoms with E-state index < -0.39 is 5.97 Å².